The van der Waals surface area contributed by atoms with Crippen LogP contribution in [0.1, 0.15) is 11.1 Å². The van der Waals surface area contributed by atoms with Crippen molar-refractivity contribution in [1.82, 2.24) is 10.2 Å². The molecule has 0 unspecified atom stereocenters. The summed E-state index contributed by atoms with van der Waals surface area (Å²) in [5, 5.41) is 10.4. The lowest BCUT2D eigenvalue weighted by atomic mass is 10.1. The van der Waals surface area contributed by atoms with Gasteiger partial charge >= 0.3 is 0 Å². The summed E-state index contributed by atoms with van der Waals surface area (Å²) < 4.78 is 27.0. The van der Waals surface area contributed by atoms with Gasteiger partial charge in [0.1, 0.15) is 0 Å². The number of hydrogen-bond donors (Lipinski definition) is 1. The van der Waals surface area contributed by atoms with E-state index in [1.807, 2.05) is 48.5 Å². The van der Waals surface area contributed by atoms with Gasteiger partial charge in [0.25, 0.3) is 14.4 Å². The molecular formula is C18H16N4O3S2. The lowest BCUT2D eigenvalue weighted by molar-refractivity contribution is -0.115. The van der Waals surface area contributed by atoms with E-state index >= 15 is 0 Å². The minimum Gasteiger partial charge on any atom is -0.300 e. The van der Waals surface area contributed by atoms with E-state index < -0.39 is 10.0 Å². The third-order valence-corrected chi connectivity index (χ3v) is 7.21. The zero-order valence-corrected chi connectivity index (χ0v) is 15.8. The number of amides is 1. The second-order valence-corrected chi connectivity index (χ2v) is 9.05. The second-order valence-electron chi connectivity index (χ2n) is 6.04. The molecule has 0 saturated carbocycles. The third-order valence-electron chi connectivity index (χ3n) is 4.22. The fraction of sp³-hybridized carbons (Fsp3) is 0.167. The molecule has 1 aliphatic rings. The number of sulfonamides is 1. The zero-order valence-electron chi connectivity index (χ0n) is 14.2. The van der Waals surface area contributed by atoms with E-state index in [0.717, 1.165) is 22.5 Å². The zero-order chi connectivity index (χ0) is 18.9. The van der Waals surface area contributed by atoms with Crippen LogP contribution < -0.4 is 9.62 Å². The first kappa shape index (κ1) is 17.6. The average Bonchev–Trinajstić information content (AvgIpc) is 3.30. The molecule has 1 aromatic heterocycles. The second kappa shape index (κ2) is 7.09. The van der Waals surface area contributed by atoms with Crippen molar-refractivity contribution in [2.75, 3.05) is 16.2 Å². The van der Waals surface area contributed by atoms with E-state index in [1.165, 1.54) is 4.31 Å². The third kappa shape index (κ3) is 3.56. The van der Waals surface area contributed by atoms with E-state index in [9.17, 15) is 13.2 Å². The molecule has 0 fully saturated rings. The number of fused-ring (bicyclic) bond motifs is 1. The number of nitrogens with zero attached hydrogens (tertiary/aromatic N) is 3. The van der Waals surface area contributed by atoms with E-state index in [2.05, 4.69) is 15.5 Å². The van der Waals surface area contributed by atoms with Crippen LogP contribution in [0.3, 0.4) is 0 Å². The number of anilines is 2. The molecule has 0 bridgehead atoms. The van der Waals surface area contributed by atoms with Gasteiger partial charge in [-0.15, -0.1) is 10.2 Å². The molecule has 2 aromatic carbocycles. The van der Waals surface area contributed by atoms with Crippen LogP contribution >= 0.6 is 11.3 Å². The molecule has 27 heavy (non-hydrogen) atoms. The van der Waals surface area contributed by atoms with Crippen LogP contribution in [-0.4, -0.2) is 31.1 Å². The molecule has 0 aliphatic carbocycles. The molecule has 138 valence electrons. The number of para-hydroxylation sites is 1. The largest absolute Gasteiger partial charge is 0.300 e. The average molecular weight is 400 g/mol. The summed E-state index contributed by atoms with van der Waals surface area (Å²) >= 11 is 0.856. The topological polar surface area (TPSA) is 92.3 Å². The number of hydrogen-bond acceptors (Lipinski definition) is 6. The van der Waals surface area contributed by atoms with Gasteiger partial charge in [-0.25, -0.2) is 0 Å². The maximum atomic E-state index is 12.9. The Kier molecular flexibility index (Phi) is 4.63. The summed E-state index contributed by atoms with van der Waals surface area (Å²) in [4.78, 5) is 12.1. The first-order chi connectivity index (χ1) is 13.0. The predicted octanol–water partition coefficient (Wildman–Crippen LogP) is 2.47. The maximum Gasteiger partial charge on any atom is 0.293 e. The molecule has 0 saturated heterocycles. The van der Waals surface area contributed by atoms with E-state index in [4.69, 9.17) is 0 Å². The summed E-state index contributed by atoms with van der Waals surface area (Å²) in [6.45, 7) is 0.372. The molecule has 0 atom stereocenters. The molecule has 0 radical (unpaired) electrons. The first-order valence-electron chi connectivity index (χ1n) is 8.32. The van der Waals surface area contributed by atoms with Crippen molar-refractivity contribution in [1.29, 1.82) is 0 Å². The normalized spacial score (nSPS) is 13.4. The van der Waals surface area contributed by atoms with Crippen LogP contribution in [0, 0.1) is 0 Å². The molecule has 9 heteroatoms. The highest BCUT2D eigenvalue weighted by atomic mass is 32.2. The smallest absolute Gasteiger partial charge is 0.293 e. The van der Waals surface area contributed by atoms with Gasteiger partial charge in [0.2, 0.25) is 11.0 Å². The van der Waals surface area contributed by atoms with E-state index in [-0.39, 0.29) is 21.8 Å². The number of carbonyl (C=O) groups is 1. The Morgan fingerprint density at radius 1 is 1.07 bits per heavy atom. The standard InChI is InChI=1S/C18H16N4O3S2/c23-16(12-13-6-2-1-3-7-13)19-17-20-21-18(26-17)27(24,25)22-11-10-14-8-4-5-9-15(14)22/h1-9H,10-12H2,(H,19,20,23). The molecule has 1 N–H and O–H groups in total. The Bertz CT molecular complexity index is 1080. The fourth-order valence-corrected chi connectivity index (χ4v) is 5.48. The lowest BCUT2D eigenvalue weighted by Crippen LogP contribution is -2.29. The van der Waals surface area contributed by atoms with Crippen LogP contribution in [-0.2, 0) is 27.7 Å². The van der Waals surface area contributed by atoms with Crippen LogP contribution in [0.4, 0.5) is 10.8 Å². The van der Waals surface area contributed by atoms with E-state index in [0.29, 0.717) is 18.7 Å². The molecular weight excluding hydrogens is 384 g/mol. The quantitative estimate of drug-likeness (QED) is 0.664. The highest BCUT2D eigenvalue weighted by Gasteiger charge is 2.33. The van der Waals surface area contributed by atoms with Crippen molar-refractivity contribution in [2.45, 2.75) is 17.2 Å². The van der Waals surface area contributed by atoms with Gasteiger partial charge in [-0.2, -0.15) is 8.42 Å². The van der Waals surface area contributed by atoms with Crippen LogP contribution in [0.2, 0.25) is 0 Å². The Labute approximate surface area is 160 Å². The monoisotopic (exact) mass is 400 g/mol. The molecule has 3 aromatic rings. The summed E-state index contributed by atoms with van der Waals surface area (Å²) in [5.74, 6) is -0.271. The molecule has 4 rings (SSSR count). The highest BCUT2D eigenvalue weighted by Crippen LogP contribution is 2.34. The Balaban J connectivity index is 1.50. The van der Waals surface area contributed by atoms with Crippen molar-refractivity contribution in [2.24, 2.45) is 0 Å². The maximum absolute atomic E-state index is 12.9. The van der Waals surface area contributed by atoms with Crippen LogP contribution in [0.15, 0.2) is 58.9 Å². The Morgan fingerprint density at radius 2 is 1.81 bits per heavy atom. The molecule has 0 spiro atoms. The van der Waals surface area contributed by atoms with Crippen LogP contribution in [0.25, 0.3) is 0 Å². The fourth-order valence-electron chi connectivity index (χ4n) is 2.96. The summed E-state index contributed by atoms with van der Waals surface area (Å²) in [7, 11) is -3.80. The number of benzene rings is 2. The van der Waals surface area contributed by atoms with Gasteiger partial charge in [0, 0.05) is 6.54 Å². The summed E-state index contributed by atoms with van der Waals surface area (Å²) in [5.41, 5.74) is 2.52. The van der Waals surface area contributed by atoms with Gasteiger partial charge in [-0.05, 0) is 23.6 Å². The van der Waals surface area contributed by atoms with Crippen molar-refractivity contribution in [3.8, 4) is 0 Å². The summed E-state index contributed by atoms with van der Waals surface area (Å²) in [6, 6.07) is 16.7. The van der Waals surface area contributed by atoms with Crippen LogP contribution in [0.5, 0.6) is 0 Å². The SMILES string of the molecule is O=C(Cc1ccccc1)Nc1nnc(S(=O)(=O)N2CCc3ccccc32)s1. The summed E-state index contributed by atoms with van der Waals surface area (Å²) in [6.07, 6.45) is 0.844. The molecule has 1 aliphatic heterocycles. The minimum atomic E-state index is -3.80. The number of rotatable bonds is 5. The number of aromatic nitrogens is 2. The lowest BCUT2D eigenvalue weighted by Gasteiger charge is -2.17. The molecule has 2 heterocycles. The van der Waals surface area contributed by atoms with E-state index in [1.54, 1.807) is 6.07 Å². The van der Waals surface area contributed by atoms with Gasteiger partial charge in [-0.3, -0.25) is 9.10 Å². The Hall–Kier alpha value is -2.78. The van der Waals surface area contributed by atoms with Gasteiger partial charge < -0.3 is 5.32 Å². The van der Waals surface area contributed by atoms with Gasteiger partial charge in [0.05, 0.1) is 12.1 Å². The van der Waals surface area contributed by atoms with Crippen molar-refractivity contribution in [3.63, 3.8) is 0 Å². The number of carbonyl (C=O) groups excluding carboxylic acids is 1. The highest BCUT2D eigenvalue weighted by molar-refractivity contribution is 7.94. The molecule has 1 amide bonds. The van der Waals surface area contributed by atoms with Crippen molar-refractivity contribution >= 4 is 38.1 Å². The first-order valence-corrected chi connectivity index (χ1v) is 10.6. The van der Waals surface area contributed by atoms with Gasteiger partial charge in [-0.1, -0.05) is 59.9 Å². The number of nitrogens with one attached hydrogen (secondary N) is 1. The van der Waals surface area contributed by atoms with Gasteiger partial charge in [0.15, 0.2) is 0 Å². The van der Waals surface area contributed by atoms with Crippen molar-refractivity contribution in [3.05, 3.63) is 65.7 Å². The predicted molar refractivity (Wildman–Crippen MR) is 103 cm³/mol. The molecule has 7 nitrogen and oxygen atoms in total. The Morgan fingerprint density at radius 3 is 2.63 bits per heavy atom. The minimum absolute atomic E-state index is 0.130. The van der Waals surface area contributed by atoms with Crippen molar-refractivity contribution < 1.29 is 13.2 Å².